The Bertz CT molecular complexity index is 918. The van der Waals surface area contributed by atoms with Crippen molar-refractivity contribution in [1.82, 2.24) is 14.8 Å². The molecule has 0 radical (unpaired) electrons. The molecule has 0 amide bonds. The molecule has 1 aromatic heterocycles. The smallest absolute Gasteiger partial charge is 0.231 e. The van der Waals surface area contributed by atoms with Gasteiger partial charge in [0.25, 0.3) is 0 Å². The Balaban J connectivity index is 1.64. The maximum absolute atomic E-state index is 5.65. The Morgan fingerprint density at radius 3 is 2.92 bits per heavy atom. The van der Waals surface area contributed by atoms with Gasteiger partial charge in [-0.15, -0.1) is 10.2 Å². The van der Waals surface area contributed by atoms with Crippen LogP contribution in [0.3, 0.4) is 0 Å². The summed E-state index contributed by atoms with van der Waals surface area (Å²) in [7, 11) is 0. The van der Waals surface area contributed by atoms with Gasteiger partial charge in [0.15, 0.2) is 17.3 Å². The number of aromatic nitrogens is 3. The van der Waals surface area contributed by atoms with E-state index in [1.54, 1.807) is 6.33 Å². The molecule has 6 nitrogen and oxygen atoms in total. The first-order valence-electron chi connectivity index (χ1n) is 8.05. The third-order valence-corrected chi connectivity index (χ3v) is 3.84. The normalized spacial score (nSPS) is 12.7. The minimum Gasteiger partial charge on any atom is -0.493 e. The molecule has 0 spiro atoms. The van der Waals surface area contributed by atoms with Crippen molar-refractivity contribution < 1.29 is 14.2 Å². The fourth-order valence-electron chi connectivity index (χ4n) is 2.66. The van der Waals surface area contributed by atoms with E-state index >= 15 is 0 Å². The summed E-state index contributed by atoms with van der Waals surface area (Å²) in [6, 6.07) is 13.6. The van der Waals surface area contributed by atoms with E-state index in [0.717, 1.165) is 28.5 Å². The first-order valence-corrected chi connectivity index (χ1v) is 8.05. The van der Waals surface area contributed by atoms with E-state index in [-0.39, 0.29) is 6.79 Å². The number of rotatable bonds is 5. The Kier molecular flexibility index (Phi) is 4.08. The van der Waals surface area contributed by atoms with Crippen molar-refractivity contribution in [3.05, 3.63) is 60.2 Å². The van der Waals surface area contributed by atoms with Crippen LogP contribution in [0.4, 0.5) is 0 Å². The van der Waals surface area contributed by atoms with Crippen molar-refractivity contribution in [2.24, 2.45) is 0 Å². The van der Waals surface area contributed by atoms with Crippen LogP contribution in [0.2, 0.25) is 0 Å². The lowest BCUT2D eigenvalue weighted by Crippen LogP contribution is -1.96. The quantitative estimate of drug-likeness (QED) is 0.713. The highest BCUT2D eigenvalue weighted by molar-refractivity contribution is 5.71. The number of benzene rings is 2. The third kappa shape index (κ3) is 3.06. The molecule has 6 heteroatoms. The molecule has 126 valence electrons. The van der Waals surface area contributed by atoms with Crippen LogP contribution in [0.15, 0.2) is 48.8 Å². The Labute approximate surface area is 145 Å². The van der Waals surface area contributed by atoms with Gasteiger partial charge in [-0.2, -0.15) is 0 Å². The van der Waals surface area contributed by atoms with E-state index in [1.807, 2.05) is 66.1 Å². The number of ether oxygens (including phenoxy) is 3. The van der Waals surface area contributed by atoms with Crippen LogP contribution in [0, 0.1) is 0 Å². The van der Waals surface area contributed by atoms with Crippen molar-refractivity contribution in [2.45, 2.75) is 6.92 Å². The number of nitrogens with zero attached hydrogens (tertiary/aromatic N) is 3. The highest BCUT2D eigenvalue weighted by Crippen LogP contribution is 2.33. The fourth-order valence-corrected chi connectivity index (χ4v) is 2.66. The lowest BCUT2D eigenvalue weighted by atomic mass is 10.2. The lowest BCUT2D eigenvalue weighted by Gasteiger charge is -2.07. The lowest BCUT2D eigenvalue weighted by molar-refractivity contribution is 0.174. The summed E-state index contributed by atoms with van der Waals surface area (Å²) >= 11 is 0. The van der Waals surface area contributed by atoms with E-state index in [1.165, 1.54) is 0 Å². The average Bonchev–Trinajstić information content (AvgIpc) is 3.29. The van der Waals surface area contributed by atoms with Crippen LogP contribution < -0.4 is 14.2 Å². The van der Waals surface area contributed by atoms with Crippen LogP contribution in [-0.4, -0.2) is 28.2 Å². The van der Waals surface area contributed by atoms with Gasteiger partial charge in [-0.3, -0.25) is 4.57 Å². The summed E-state index contributed by atoms with van der Waals surface area (Å²) in [5.41, 5.74) is 1.90. The minimum absolute atomic E-state index is 0.252. The zero-order valence-corrected chi connectivity index (χ0v) is 13.8. The molecule has 4 rings (SSSR count). The first-order chi connectivity index (χ1) is 12.3. The Morgan fingerprint density at radius 2 is 2.00 bits per heavy atom. The van der Waals surface area contributed by atoms with Gasteiger partial charge in [-0.1, -0.05) is 18.2 Å². The summed E-state index contributed by atoms with van der Waals surface area (Å²) in [5.74, 6) is 3.03. The standard InChI is InChI=1S/C19H17N3O3/c1-2-23-16-6-4-3-5-14(16)7-10-19-21-20-12-22(19)15-8-9-17-18(11-15)25-13-24-17/h3-12H,2,13H2,1H3/b10-7+. The fraction of sp³-hybridized carbons (Fsp3) is 0.158. The predicted molar refractivity (Wildman–Crippen MR) is 94.0 cm³/mol. The highest BCUT2D eigenvalue weighted by Gasteiger charge is 2.14. The Morgan fingerprint density at radius 1 is 1.12 bits per heavy atom. The van der Waals surface area contributed by atoms with E-state index in [0.29, 0.717) is 12.4 Å². The summed E-state index contributed by atoms with van der Waals surface area (Å²) in [6.45, 7) is 2.84. The van der Waals surface area contributed by atoms with Gasteiger partial charge in [0.2, 0.25) is 6.79 Å². The van der Waals surface area contributed by atoms with Crippen molar-refractivity contribution in [2.75, 3.05) is 13.4 Å². The van der Waals surface area contributed by atoms with Gasteiger partial charge >= 0.3 is 0 Å². The SMILES string of the molecule is CCOc1ccccc1/C=C/c1nncn1-c1ccc2c(c1)OCO2. The summed E-state index contributed by atoms with van der Waals surface area (Å²) in [4.78, 5) is 0. The largest absolute Gasteiger partial charge is 0.493 e. The second-order valence-corrected chi connectivity index (χ2v) is 5.40. The monoisotopic (exact) mass is 335 g/mol. The minimum atomic E-state index is 0.252. The van der Waals surface area contributed by atoms with Crippen molar-refractivity contribution in [3.8, 4) is 22.9 Å². The van der Waals surface area contributed by atoms with E-state index in [2.05, 4.69) is 10.2 Å². The average molecular weight is 335 g/mol. The molecule has 0 saturated heterocycles. The molecule has 0 fully saturated rings. The molecule has 0 bridgehead atoms. The molecular formula is C19H17N3O3. The zero-order valence-electron chi connectivity index (χ0n) is 13.8. The highest BCUT2D eigenvalue weighted by atomic mass is 16.7. The number of hydrogen-bond donors (Lipinski definition) is 0. The summed E-state index contributed by atoms with van der Waals surface area (Å²) in [6.07, 6.45) is 5.56. The van der Waals surface area contributed by atoms with Crippen molar-refractivity contribution in [1.29, 1.82) is 0 Å². The van der Waals surface area contributed by atoms with Gasteiger partial charge in [0, 0.05) is 11.6 Å². The molecule has 2 heterocycles. The predicted octanol–water partition coefficient (Wildman–Crippen LogP) is 3.57. The van der Waals surface area contributed by atoms with Crippen LogP contribution in [0.25, 0.3) is 17.8 Å². The summed E-state index contributed by atoms with van der Waals surface area (Å²) < 4.78 is 18.3. The first kappa shape index (κ1) is 15.3. The molecule has 0 N–H and O–H groups in total. The van der Waals surface area contributed by atoms with Crippen LogP contribution in [0.5, 0.6) is 17.2 Å². The molecule has 1 aliphatic heterocycles. The molecule has 0 saturated carbocycles. The van der Waals surface area contributed by atoms with Crippen LogP contribution in [0.1, 0.15) is 18.3 Å². The van der Waals surface area contributed by atoms with Gasteiger partial charge < -0.3 is 14.2 Å². The molecule has 2 aromatic carbocycles. The molecule has 0 atom stereocenters. The zero-order chi connectivity index (χ0) is 17.1. The molecule has 1 aliphatic rings. The van der Waals surface area contributed by atoms with Gasteiger partial charge in [-0.25, -0.2) is 0 Å². The van der Waals surface area contributed by atoms with Crippen LogP contribution >= 0.6 is 0 Å². The van der Waals surface area contributed by atoms with Crippen molar-refractivity contribution in [3.63, 3.8) is 0 Å². The molecule has 25 heavy (non-hydrogen) atoms. The van der Waals surface area contributed by atoms with Gasteiger partial charge in [0.1, 0.15) is 12.1 Å². The molecular weight excluding hydrogens is 318 g/mol. The molecule has 0 aliphatic carbocycles. The second-order valence-electron chi connectivity index (χ2n) is 5.40. The molecule has 0 unspecified atom stereocenters. The van der Waals surface area contributed by atoms with Crippen molar-refractivity contribution >= 4 is 12.2 Å². The molecule has 3 aromatic rings. The third-order valence-electron chi connectivity index (χ3n) is 3.84. The number of fused-ring (bicyclic) bond motifs is 1. The number of hydrogen-bond acceptors (Lipinski definition) is 5. The van der Waals surface area contributed by atoms with Crippen LogP contribution in [-0.2, 0) is 0 Å². The van der Waals surface area contributed by atoms with E-state index in [9.17, 15) is 0 Å². The van der Waals surface area contributed by atoms with Gasteiger partial charge in [-0.05, 0) is 37.3 Å². The maximum Gasteiger partial charge on any atom is 0.231 e. The number of para-hydroxylation sites is 1. The maximum atomic E-state index is 5.65. The van der Waals surface area contributed by atoms with E-state index < -0.39 is 0 Å². The van der Waals surface area contributed by atoms with Gasteiger partial charge in [0.05, 0.1) is 12.3 Å². The second kappa shape index (κ2) is 6.68. The van der Waals surface area contributed by atoms with E-state index in [4.69, 9.17) is 14.2 Å². The summed E-state index contributed by atoms with van der Waals surface area (Å²) in [5, 5.41) is 8.21. The Hall–Kier alpha value is -3.28. The topological polar surface area (TPSA) is 58.4 Å².